The molecule has 2 atom stereocenters. The van der Waals surface area contributed by atoms with Crippen molar-refractivity contribution in [2.24, 2.45) is 23.2 Å². The highest BCUT2D eigenvalue weighted by Gasteiger charge is 2.49. The van der Waals surface area contributed by atoms with E-state index in [4.69, 9.17) is 9.47 Å². The number of carbonyl (C=O) groups is 2. The van der Waals surface area contributed by atoms with Crippen LogP contribution in [-0.2, 0) is 16.1 Å². The van der Waals surface area contributed by atoms with Gasteiger partial charge in [-0.2, -0.15) is 0 Å². The Hall–Kier alpha value is -3.61. The van der Waals surface area contributed by atoms with E-state index in [-0.39, 0.29) is 23.4 Å². The summed E-state index contributed by atoms with van der Waals surface area (Å²) in [6, 6.07) is 14.5. The molecular formula is C31H36N2O5. The summed E-state index contributed by atoms with van der Waals surface area (Å²) in [4.78, 5) is 40.1. The molecule has 200 valence electrons. The maximum absolute atomic E-state index is 13.9. The van der Waals surface area contributed by atoms with Gasteiger partial charge in [0, 0.05) is 5.39 Å². The molecule has 2 unspecified atom stereocenters. The van der Waals surface area contributed by atoms with Crippen LogP contribution in [0.1, 0.15) is 61.9 Å². The van der Waals surface area contributed by atoms with Gasteiger partial charge in [0.15, 0.2) is 0 Å². The number of benzene rings is 2. The number of aromatic nitrogens is 1. The number of pyridine rings is 1. The van der Waals surface area contributed by atoms with Gasteiger partial charge in [-0.15, -0.1) is 0 Å². The van der Waals surface area contributed by atoms with E-state index in [0.717, 1.165) is 24.8 Å². The van der Waals surface area contributed by atoms with Crippen molar-refractivity contribution in [3.8, 4) is 5.75 Å². The van der Waals surface area contributed by atoms with Crippen molar-refractivity contribution in [2.75, 3.05) is 19.5 Å². The second kappa shape index (κ2) is 10.3. The summed E-state index contributed by atoms with van der Waals surface area (Å²) < 4.78 is 11.9. The van der Waals surface area contributed by atoms with Gasteiger partial charge < -0.3 is 19.4 Å². The predicted molar refractivity (Wildman–Crippen MR) is 148 cm³/mol. The Balaban J connectivity index is 1.59. The quantitative estimate of drug-likeness (QED) is 0.429. The van der Waals surface area contributed by atoms with Gasteiger partial charge >= 0.3 is 5.97 Å². The zero-order chi connectivity index (χ0) is 27.0. The molecule has 3 aromatic rings. The Labute approximate surface area is 223 Å². The predicted octanol–water partition coefficient (Wildman–Crippen LogP) is 5.64. The summed E-state index contributed by atoms with van der Waals surface area (Å²) in [7, 11) is 2.85. The molecule has 1 aromatic heterocycles. The second-order valence-electron chi connectivity index (χ2n) is 11.4. The SMILES string of the molecule is COC(=O)c1cc2c(NC(=O)C34CC(C)CC(CC(C)C3)C4)cccc2n(Cc2cccc(OC)c2)c1=O. The number of methoxy groups -OCH3 is 2. The average Bonchev–Trinajstić information content (AvgIpc) is 2.89. The van der Waals surface area contributed by atoms with Crippen molar-refractivity contribution in [1.82, 2.24) is 4.57 Å². The van der Waals surface area contributed by atoms with Crippen molar-refractivity contribution in [1.29, 1.82) is 0 Å². The first-order valence-electron chi connectivity index (χ1n) is 13.4. The highest BCUT2D eigenvalue weighted by Crippen LogP contribution is 2.53. The van der Waals surface area contributed by atoms with E-state index in [9.17, 15) is 14.4 Å². The van der Waals surface area contributed by atoms with Crippen LogP contribution in [-0.4, -0.2) is 30.7 Å². The molecule has 1 heterocycles. The molecule has 7 nitrogen and oxygen atoms in total. The van der Waals surface area contributed by atoms with Gasteiger partial charge in [0.2, 0.25) is 5.91 Å². The van der Waals surface area contributed by atoms with E-state index in [0.29, 0.717) is 40.1 Å². The molecule has 5 rings (SSSR count). The molecule has 2 aliphatic rings. The number of fused-ring (bicyclic) bond motifs is 3. The van der Waals surface area contributed by atoms with Crippen LogP contribution in [0.25, 0.3) is 10.9 Å². The molecule has 2 aliphatic carbocycles. The number of hydrogen-bond donors (Lipinski definition) is 1. The minimum Gasteiger partial charge on any atom is -0.497 e. The number of hydrogen-bond acceptors (Lipinski definition) is 5. The second-order valence-corrected chi connectivity index (χ2v) is 11.4. The summed E-state index contributed by atoms with van der Waals surface area (Å²) in [5.74, 6) is 1.62. The summed E-state index contributed by atoms with van der Waals surface area (Å²) in [6.45, 7) is 4.74. The van der Waals surface area contributed by atoms with Gasteiger partial charge in [-0.25, -0.2) is 4.79 Å². The fourth-order valence-electron chi connectivity index (χ4n) is 7.11. The van der Waals surface area contributed by atoms with Gasteiger partial charge in [0.25, 0.3) is 5.56 Å². The smallest absolute Gasteiger partial charge is 0.343 e. The van der Waals surface area contributed by atoms with E-state index in [1.165, 1.54) is 20.0 Å². The monoisotopic (exact) mass is 516 g/mol. The van der Waals surface area contributed by atoms with Gasteiger partial charge in [-0.05, 0) is 85.8 Å². The van der Waals surface area contributed by atoms with E-state index in [1.807, 2.05) is 42.5 Å². The first-order chi connectivity index (χ1) is 18.2. The lowest BCUT2D eigenvalue weighted by Crippen LogP contribution is -2.47. The third kappa shape index (κ3) is 4.82. The molecule has 0 spiro atoms. The minimum absolute atomic E-state index is 0.0401. The summed E-state index contributed by atoms with van der Waals surface area (Å²) in [5, 5.41) is 3.86. The molecule has 2 saturated carbocycles. The zero-order valence-electron chi connectivity index (χ0n) is 22.6. The maximum atomic E-state index is 13.9. The van der Waals surface area contributed by atoms with Gasteiger partial charge in [-0.1, -0.05) is 32.0 Å². The summed E-state index contributed by atoms with van der Waals surface area (Å²) >= 11 is 0. The van der Waals surface area contributed by atoms with Crippen molar-refractivity contribution in [2.45, 2.75) is 52.5 Å². The molecule has 7 heteroatoms. The molecule has 1 amide bonds. The molecule has 2 bridgehead atoms. The van der Waals surface area contributed by atoms with Crippen LogP contribution in [0.15, 0.2) is 53.3 Å². The summed E-state index contributed by atoms with van der Waals surface area (Å²) in [6.07, 6.45) is 5.07. The molecular weight excluding hydrogens is 480 g/mol. The molecule has 2 fully saturated rings. The molecule has 38 heavy (non-hydrogen) atoms. The van der Waals surface area contributed by atoms with Gasteiger partial charge in [-0.3, -0.25) is 9.59 Å². The van der Waals surface area contributed by atoms with Crippen molar-refractivity contribution in [3.63, 3.8) is 0 Å². The van der Waals surface area contributed by atoms with E-state index in [1.54, 1.807) is 17.7 Å². The Morgan fingerprint density at radius 2 is 1.71 bits per heavy atom. The number of nitrogens with zero attached hydrogens (tertiary/aromatic N) is 1. The Bertz CT molecular complexity index is 1420. The largest absolute Gasteiger partial charge is 0.497 e. The number of esters is 1. The highest BCUT2D eigenvalue weighted by molar-refractivity contribution is 6.05. The number of carbonyl (C=O) groups excluding carboxylic acids is 2. The van der Waals surface area contributed by atoms with Crippen LogP contribution in [0, 0.1) is 23.2 Å². The third-order valence-electron chi connectivity index (χ3n) is 8.38. The molecule has 1 N–H and O–H groups in total. The minimum atomic E-state index is -0.707. The third-order valence-corrected chi connectivity index (χ3v) is 8.38. The normalized spacial score (nSPS) is 24.6. The number of nitrogens with one attached hydrogen (secondary N) is 1. The van der Waals surface area contributed by atoms with Crippen LogP contribution in [0.5, 0.6) is 5.75 Å². The maximum Gasteiger partial charge on any atom is 0.343 e. The van der Waals surface area contributed by atoms with E-state index in [2.05, 4.69) is 19.2 Å². The van der Waals surface area contributed by atoms with Crippen LogP contribution in [0.4, 0.5) is 5.69 Å². The van der Waals surface area contributed by atoms with Crippen LogP contribution < -0.4 is 15.6 Å². The van der Waals surface area contributed by atoms with E-state index < -0.39 is 11.5 Å². The fraction of sp³-hybridized carbons (Fsp3) is 0.452. The van der Waals surface area contributed by atoms with Crippen molar-refractivity contribution >= 4 is 28.5 Å². The number of rotatable bonds is 6. The molecule has 0 radical (unpaired) electrons. The summed E-state index contributed by atoms with van der Waals surface area (Å²) in [5.41, 5.74) is 1.18. The molecule has 0 aliphatic heterocycles. The molecule has 2 aromatic carbocycles. The average molecular weight is 517 g/mol. The van der Waals surface area contributed by atoms with Crippen LogP contribution >= 0.6 is 0 Å². The standard InChI is InChI=1S/C31H36N2O5/c1-19-11-22-12-20(2)16-31(15-19,17-22)30(36)32-26-9-6-10-27-24(26)14-25(29(35)38-4)28(34)33(27)18-21-7-5-8-23(13-21)37-3/h5-10,13-14,19-20,22H,11-12,15-18H2,1-4H3,(H,32,36). The van der Waals surface area contributed by atoms with Gasteiger partial charge in [0.1, 0.15) is 11.3 Å². The number of ether oxygens (including phenoxy) is 2. The first-order valence-corrected chi connectivity index (χ1v) is 13.4. The zero-order valence-corrected chi connectivity index (χ0v) is 22.6. The van der Waals surface area contributed by atoms with Crippen LogP contribution in [0.3, 0.4) is 0 Å². The number of anilines is 1. The number of amides is 1. The van der Waals surface area contributed by atoms with Crippen molar-refractivity contribution < 1.29 is 19.1 Å². The lowest BCUT2D eigenvalue weighted by molar-refractivity contribution is -0.133. The van der Waals surface area contributed by atoms with Gasteiger partial charge in [0.05, 0.1) is 37.4 Å². The first kappa shape index (κ1) is 26.0. The lowest BCUT2D eigenvalue weighted by Gasteiger charge is -2.48. The Kier molecular flexibility index (Phi) is 7.03. The molecule has 0 saturated heterocycles. The lowest BCUT2D eigenvalue weighted by atomic mass is 9.56. The topological polar surface area (TPSA) is 86.6 Å². The Morgan fingerprint density at radius 3 is 2.39 bits per heavy atom. The van der Waals surface area contributed by atoms with Crippen LogP contribution in [0.2, 0.25) is 0 Å². The highest BCUT2D eigenvalue weighted by atomic mass is 16.5. The van der Waals surface area contributed by atoms with Crippen molar-refractivity contribution in [3.05, 3.63) is 70.0 Å². The van der Waals surface area contributed by atoms with E-state index >= 15 is 0 Å². The Morgan fingerprint density at radius 1 is 1.00 bits per heavy atom. The fourth-order valence-corrected chi connectivity index (χ4v) is 7.11.